The highest BCUT2D eigenvalue weighted by atomic mass is 35.5. The number of carbonyl (C=O) groups excluding carboxylic acids is 1. The average Bonchev–Trinajstić information content (AvgIpc) is 3.18. The maximum Gasteiger partial charge on any atom is 0.275 e. The lowest BCUT2D eigenvalue weighted by Gasteiger charge is -2.29. The van der Waals surface area contributed by atoms with Crippen LogP contribution in [0.5, 0.6) is 5.88 Å². The Morgan fingerprint density at radius 1 is 1.25 bits per heavy atom. The molecule has 2 aromatic heterocycles. The Morgan fingerprint density at radius 3 is 2.86 bits per heavy atom. The summed E-state index contributed by atoms with van der Waals surface area (Å²) >= 11 is 7.97. The van der Waals surface area contributed by atoms with Gasteiger partial charge in [0, 0.05) is 35.4 Å². The third-order valence-electron chi connectivity index (χ3n) is 4.63. The van der Waals surface area contributed by atoms with Crippen LogP contribution in [-0.4, -0.2) is 24.0 Å². The van der Waals surface area contributed by atoms with Crippen molar-refractivity contribution in [2.75, 3.05) is 23.4 Å². The van der Waals surface area contributed by atoms with Crippen molar-refractivity contribution >= 4 is 40.2 Å². The van der Waals surface area contributed by atoms with E-state index in [1.165, 1.54) is 10.4 Å². The normalized spacial score (nSPS) is 13.1. The van der Waals surface area contributed by atoms with Gasteiger partial charge in [-0.25, -0.2) is 4.98 Å². The second kappa shape index (κ2) is 8.20. The third kappa shape index (κ3) is 3.98. The smallest absolute Gasteiger partial charge is 0.275 e. The number of hydrogen-bond donors (Lipinski definition) is 1. The quantitative estimate of drug-likeness (QED) is 0.638. The second-order valence-electron chi connectivity index (χ2n) is 6.45. The van der Waals surface area contributed by atoms with E-state index in [2.05, 4.69) is 26.6 Å². The first-order valence-corrected chi connectivity index (χ1v) is 10.4. The summed E-state index contributed by atoms with van der Waals surface area (Å²) in [5, 5.41) is 5.30. The van der Waals surface area contributed by atoms with Crippen LogP contribution in [0, 0.1) is 0 Å². The molecule has 3 heterocycles. The number of hydrogen-bond acceptors (Lipinski definition) is 5. The van der Waals surface area contributed by atoms with Crippen molar-refractivity contribution in [2.45, 2.75) is 19.9 Å². The van der Waals surface area contributed by atoms with Crippen LogP contribution < -0.4 is 15.0 Å². The SMILES string of the molecule is CCOc1ccc(Cl)c(C(=O)Nc2ccc(N3CCc4sccc4C3)cc2)n1. The Balaban J connectivity index is 1.45. The van der Waals surface area contributed by atoms with Gasteiger partial charge in [0.2, 0.25) is 5.88 Å². The van der Waals surface area contributed by atoms with E-state index in [-0.39, 0.29) is 16.6 Å². The maximum atomic E-state index is 12.6. The van der Waals surface area contributed by atoms with Gasteiger partial charge >= 0.3 is 0 Å². The molecule has 0 unspecified atom stereocenters. The van der Waals surface area contributed by atoms with E-state index in [0.29, 0.717) is 18.2 Å². The minimum Gasteiger partial charge on any atom is -0.478 e. The van der Waals surface area contributed by atoms with E-state index in [9.17, 15) is 4.79 Å². The Bertz CT molecular complexity index is 988. The van der Waals surface area contributed by atoms with Crippen molar-refractivity contribution in [3.05, 3.63) is 69.0 Å². The van der Waals surface area contributed by atoms with Crippen LogP contribution in [0.3, 0.4) is 0 Å². The number of rotatable bonds is 5. The minimum atomic E-state index is -0.361. The van der Waals surface area contributed by atoms with Crippen LogP contribution in [0.25, 0.3) is 0 Å². The molecule has 0 fully saturated rings. The molecule has 0 saturated heterocycles. The molecule has 3 aromatic rings. The molecular weight excluding hydrogens is 394 g/mol. The van der Waals surface area contributed by atoms with Gasteiger partial charge in [-0.2, -0.15) is 0 Å². The predicted molar refractivity (Wildman–Crippen MR) is 114 cm³/mol. The van der Waals surface area contributed by atoms with Gasteiger partial charge in [0.25, 0.3) is 5.91 Å². The number of thiophene rings is 1. The highest BCUT2D eigenvalue weighted by Crippen LogP contribution is 2.28. The van der Waals surface area contributed by atoms with E-state index in [1.54, 1.807) is 12.1 Å². The summed E-state index contributed by atoms with van der Waals surface area (Å²) in [5.74, 6) is 0.0190. The summed E-state index contributed by atoms with van der Waals surface area (Å²) < 4.78 is 5.35. The molecule has 28 heavy (non-hydrogen) atoms. The number of aromatic nitrogens is 1. The Hall–Kier alpha value is -2.57. The second-order valence-corrected chi connectivity index (χ2v) is 7.86. The summed E-state index contributed by atoms with van der Waals surface area (Å²) in [7, 11) is 0. The van der Waals surface area contributed by atoms with Gasteiger partial charge in [0.15, 0.2) is 5.69 Å². The van der Waals surface area contributed by atoms with Gasteiger partial charge in [0.1, 0.15) is 0 Å². The molecular formula is C21H20ClN3O2S. The molecule has 4 rings (SSSR count). The molecule has 1 aliphatic rings. The largest absolute Gasteiger partial charge is 0.478 e. The number of anilines is 2. The summed E-state index contributed by atoms with van der Waals surface area (Å²) in [5.41, 5.74) is 3.40. The molecule has 0 saturated carbocycles. The molecule has 0 spiro atoms. The van der Waals surface area contributed by atoms with Crippen molar-refractivity contribution in [3.63, 3.8) is 0 Å². The summed E-state index contributed by atoms with van der Waals surface area (Å²) in [6.07, 6.45) is 1.08. The highest BCUT2D eigenvalue weighted by Gasteiger charge is 2.18. The topological polar surface area (TPSA) is 54.5 Å². The summed E-state index contributed by atoms with van der Waals surface area (Å²) in [6.45, 7) is 4.26. The zero-order valence-corrected chi connectivity index (χ0v) is 17.0. The molecule has 7 heteroatoms. The van der Waals surface area contributed by atoms with Crippen LogP contribution in [0.4, 0.5) is 11.4 Å². The first-order chi connectivity index (χ1) is 13.6. The number of nitrogens with one attached hydrogen (secondary N) is 1. The fraction of sp³-hybridized carbons (Fsp3) is 0.238. The van der Waals surface area contributed by atoms with Gasteiger partial charge in [0.05, 0.1) is 11.6 Å². The lowest BCUT2D eigenvalue weighted by molar-refractivity contribution is 0.102. The predicted octanol–water partition coefficient (Wildman–Crippen LogP) is 5.01. The van der Waals surface area contributed by atoms with Crippen LogP contribution in [0.15, 0.2) is 47.8 Å². The standard InChI is InChI=1S/C21H20ClN3O2S/c1-2-27-19-8-7-17(22)20(24-19)21(26)23-15-3-5-16(6-4-15)25-11-9-18-14(13-25)10-12-28-18/h3-8,10,12H,2,9,11,13H2,1H3,(H,23,26). The lowest BCUT2D eigenvalue weighted by Crippen LogP contribution is -2.29. The van der Waals surface area contributed by atoms with Crippen LogP contribution in [0.2, 0.25) is 5.02 Å². The van der Waals surface area contributed by atoms with E-state index in [1.807, 2.05) is 42.5 Å². The Labute approximate surface area is 172 Å². The van der Waals surface area contributed by atoms with Crippen molar-refractivity contribution < 1.29 is 9.53 Å². The van der Waals surface area contributed by atoms with Crippen LogP contribution >= 0.6 is 22.9 Å². The van der Waals surface area contributed by atoms with Gasteiger partial charge in [-0.15, -0.1) is 11.3 Å². The monoisotopic (exact) mass is 413 g/mol. The molecule has 0 aliphatic carbocycles. The maximum absolute atomic E-state index is 12.6. The van der Waals surface area contributed by atoms with Crippen molar-refractivity contribution in [1.29, 1.82) is 0 Å². The van der Waals surface area contributed by atoms with Crippen molar-refractivity contribution in [1.82, 2.24) is 4.98 Å². The first-order valence-electron chi connectivity index (χ1n) is 9.15. The van der Waals surface area contributed by atoms with Crippen molar-refractivity contribution in [2.24, 2.45) is 0 Å². The molecule has 1 aromatic carbocycles. The number of pyridine rings is 1. The first kappa shape index (κ1) is 18.8. The third-order valence-corrected chi connectivity index (χ3v) is 5.95. The fourth-order valence-corrected chi connectivity index (χ4v) is 4.31. The van der Waals surface area contributed by atoms with Crippen molar-refractivity contribution in [3.8, 4) is 5.88 Å². The molecule has 1 N–H and O–H groups in total. The number of halogens is 1. The molecule has 0 atom stereocenters. The lowest BCUT2D eigenvalue weighted by atomic mass is 10.1. The average molecular weight is 414 g/mol. The summed E-state index contributed by atoms with van der Waals surface area (Å²) in [6, 6.07) is 13.3. The highest BCUT2D eigenvalue weighted by molar-refractivity contribution is 7.10. The zero-order chi connectivity index (χ0) is 19.5. The number of benzene rings is 1. The number of nitrogens with zero attached hydrogens (tertiary/aromatic N) is 2. The molecule has 0 bridgehead atoms. The van der Waals surface area contributed by atoms with E-state index < -0.39 is 0 Å². The number of carbonyl (C=O) groups is 1. The van der Waals surface area contributed by atoms with Gasteiger partial charge in [-0.1, -0.05) is 11.6 Å². The van der Waals surface area contributed by atoms with Crippen LogP contribution in [-0.2, 0) is 13.0 Å². The van der Waals surface area contributed by atoms with Gasteiger partial charge in [-0.05, 0) is 60.7 Å². The Kier molecular flexibility index (Phi) is 5.50. The van der Waals surface area contributed by atoms with Crippen LogP contribution in [0.1, 0.15) is 27.9 Å². The molecule has 144 valence electrons. The zero-order valence-electron chi connectivity index (χ0n) is 15.4. The minimum absolute atomic E-state index is 0.151. The number of amides is 1. The molecule has 1 amide bonds. The van der Waals surface area contributed by atoms with Gasteiger partial charge < -0.3 is 15.0 Å². The van der Waals surface area contributed by atoms with E-state index >= 15 is 0 Å². The van der Waals surface area contributed by atoms with Gasteiger partial charge in [-0.3, -0.25) is 4.79 Å². The summed E-state index contributed by atoms with van der Waals surface area (Å²) in [4.78, 5) is 20.6. The number of fused-ring (bicyclic) bond motifs is 1. The molecule has 5 nitrogen and oxygen atoms in total. The molecule has 0 radical (unpaired) electrons. The fourth-order valence-electron chi connectivity index (χ4n) is 3.23. The number of ether oxygens (including phenoxy) is 1. The molecule has 1 aliphatic heterocycles. The van der Waals surface area contributed by atoms with E-state index in [4.69, 9.17) is 16.3 Å². The Morgan fingerprint density at radius 2 is 2.07 bits per heavy atom. The van der Waals surface area contributed by atoms with E-state index in [0.717, 1.165) is 25.2 Å².